The van der Waals surface area contributed by atoms with Crippen molar-refractivity contribution in [2.75, 3.05) is 11.6 Å². The Morgan fingerprint density at radius 2 is 2.06 bits per heavy atom. The van der Waals surface area contributed by atoms with Gasteiger partial charge in [-0.25, -0.2) is 9.80 Å². The molecule has 1 aliphatic heterocycles. The maximum Gasteiger partial charge on any atom is 0.372 e. The van der Waals surface area contributed by atoms with Gasteiger partial charge in [-0.1, -0.05) is 17.7 Å². The highest BCUT2D eigenvalue weighted by molar-refractivity contribution is 6.36. The number of aliphatic imine (C=N–C) groups is 1. The monoisotopic (exact) mass is 233 g/mol. The first kappa shape index (κ1) is 11.1. The molecule has 0 fully saturated rings. The highest BCUT2D eigenvalue weighted by Gasteiger charge is 2.24. The van der Waals surface area contributed by atoms with Crippen LogP contribution in [0.1, 0.15) is 5.56 Å². The highest BCUT2D eigenvalue weighted by atomic mass is 16.4. The van der Waals surface area contributed by atoms with Gasteiger partial charge in [-0.05, 0) is 19.1 Å². The Morgan fingerprint density at radius 1 is 1.41 bits per heavy atom. The molecule has 6 heteroatoms. The number of carboxylic acids is 1. The van der Waals surface area contributed by atoms with E-state index in [1.807, 2.05) is 19.1 Å². The van der Waals surface area contributed by atoms with Crippen molar-refractivity contribution in [3.05, 3.63) is 29.8 Å². The quantitative estimate of drug-likeness (QED) is 0.771. The molecule has 0 bridgehead atoms. The Morgan fingerprint density at radius 3 is 2.65 bits per heavy atom. The van der Waals surface area contributed by atoms with Crippen LogP contribution < -0.4 is 10.4 Å². The Hall–Kier alpha value is -2.37. The number of amidine groups is 1. The van der Waals surface area contributed by atoms with Crippen LogP contribution in [0.25, 0.3) is 0 Å². The summed E-state index contributed by atoms with van der Waals surface area (Å²) in [5.41, 5.74) is 4.13. The second-order valence-corrected chi connectivity index (χ2v) is 3.65. The van der Waals surface area contributed by atoms with Crippen LogP contribution in [0.3, 0.4) is 0 Å². The highest BCUT2D eigenvalue weighted by Crippen LogP contribution is 2.14. The molecule has 17 heavy (non-hydrogen) atoms. The predicted molar refractivity (Wildman–Crippen MR) is 61.7 cm³/mol. The van der Waals surface area contributed by atoms with Crippen molar-refractivity contribution in [3.8, 4) is 0 Å². The lowest BCUT2D eigenvalue weighted by Gasteiger charge is -2.26. The molecule has 1 heterocycles. The zero-order chi connectivity index (χ0) is 12.4. The molecule has 0 aromatic heterocycles. The fourth-order valence-electron chi connectivity index (χ4n) is 1.44. The number of rotatable bonds is 2. The predicted octanol–water partition coefficient (Wildman–Crippen LogP) is 0.329. The summed E-state index contributed by atoms with van der Waals surface area (Å²) in [4.78, 5) is 26.0. The Labute approximate surface area is 97.5 Å². The third kappa shape index (κ3) is 2.25. The van der Waals surface area contributed by atoms with E-state index in [1.165, 1.54) is 5.01 Å². The molecule has 6 nitrogen and oxygen atoms in total. The van der Waals surface area contributed by atoms with Crippen LogP contribution in [0.15, 0.2) is 29.3 Å². The van der Waals surface area contributed by atoms with Crippen LogP contribution in [0.2, 0.25) is 0 Å². The molecule has 0 atom stereocenters. The summed E-state index contributed by atoms with van der Waals surface area (Å²) < 4.78 is 0. The molecule has 0 saturated heterocycles. The minimum atomic E-state index is -1.19. The molecule has 88 valence electrons. The van der Waals surface area contributed by atoms with Gasteiger partial charge in [-0.15, -0.1) is 0 Å². The van der Waals surface area contributed by atoms with Gasteiger partial charge in [0.2, 0.25) is 5.84 Å². The second-order valence-electron chi connectivity index (χ2n) is 3.65. The number of benzene rings is 1. The van der Waals surface area contributed by atoms with Crippen molar-refractivity contribution in [3.63, 3.8) is 0 Å². The second kappa shape index (κ2) is 4.25. The van der Waals surface area contributed by atoms with Crippen LogP contribution in [0, 0.1) is 6.92 Å². The van der Waals surface area contributed by atoms with Crippen LogP contribution >= 0.6 is 0 Å². The number of hydrogen-bond donors (Lipinski definition) is 2. The first-order chi connectivity index (χ1) is 8.08. The van der Waals surface area contributed by atoms with Gasteiger partial charge < -0.3 is 5.11 Å². The van der Waals surface area contributed by atoms with E-state index in [2.05, 4.69) is 10.4 Å². The number of carbonyl (C=O) groups is 2. The average Bonchev–Trinajstić information content (AvgIpc) is 2.31. The number of aryl methyl sites for hydroxylation is 1. The Kier molecular flexibility index (Phi) is 2.78. The number of carbonyl (C=O) groups excluding carboxylic acids is 1. The van der Waals surface area contributed by atoms with Crippen molar-refractivity contribution in [1.82, 2.24) is 5.43 Å². The summed E-state index contributed by atoms with van der Waals surface area (Å²) in [6, 6.07) is 7.17. The summed E-state index contributed by atoms with van der Waals surface area (Å²) in [7, 11) is 0. The van der Waals surface area contributed by atoms with Gasteiger partial charge in [0.25, 0.3) is 5.91 Å². The van der Waals surface area contributed by atoms with E-state index in [4.69, 9.17) is 5.11 Å². The topological polar surface area (TPSA) is 82.0 Å². The van der Waals surface area contributed by atoms with E-state index < -0.39 is 5.97 Å². The summed E-state index contributed by atoms with van der Waals surface area (Å²) >= 11 is 0. The van der Waals surface area contributed by atoms with Gasteiger partial charge in [0.1, 0.15) is 6.54 Å². The standard InChI is InChI=1S/C11H11N3O3/c1-7-2-4-8(5-3-7)14-9(15)6-12-10(13-14)11(16)17/h2-5H,6H2,1H3,(H,12,13)(H,16,17). The normalized spacial score (nSPS) is 15.2. The molecule has 2 N–H and O–H groups in total. The van der Waals surface area contributed by atoms with Crippen molar-refractivity contribution in [1.29, 1.82) is 0 Å². The molecule has 0 unspecified atom stereocenters. The molecule has 1 aromatic rings. The van der Waals surface area contributed by atoms with Gasteiger partial charge in [-0.3, -0.25) is 15.2 Å². The van der Waals surface area contributed by atoms with Crippen molar-refractivity contribution < 1.29 is 14.7 Å². The number of hydrogen-bond acceptors (Lipinski definition) is 4. The zero-order valence-electron chi connectivity index (χ0n) is 9.17. The van der Waals surface area contributed by atoms with E-state index >= 15 is 0 Å². The fourth-order valence-corrected chi connectivity index (χ4v) is 1.44. The average molecular weight is 233 g/mol. The minimum absolute atomic E-state index is 0.164. The van der Waals surface area contributed by atoms with Crippen LogP contribution in [-0.2, 0) is 9.59 Å². The SMILES string of the molecule is Cc1ccc(N2NC(C(=O)O)=NCC2=O)cc1. The van der Waals surface area contributed by atoms with E-state index in [0.29, 0.717) is 5.69 Å². The number of nitrogens with one attached hydrogen (secondary N) is 1. The first-order valence-corrected chi connectivity index (χ1v) is 5.02. The fraction of sp³-hybridized carbons (Fsp3) is 0.182. The molecular weight excluding hydrogens is 222 g/mol. The molecule has 1 amide bonds. The number of hydrazine groups is 1. The van der Waals surface area contributed by atoms with E-state index in [0.717, 1.165) is 5.56 Å². The van der Waals surface area contributed by atoms with E-state index in [9.17, 15) is 9.59 Å². The smallest absolute Gasteiger partial charge is 0.372 e. The summed E-state index contributed by atoms with van der Waals surface area (Å²) in [6.07, 6.45) is 0. The third-order valence-electron chi connectivity index (χ3n) is 2.33. The van der Waals surface area contributed by atoms with Crippen molar-refractivity contribution in [2.24, 2.45) is 4.99 Å². The Balaban J connectivity index is 2.27. The van der Waals surface area contributed by atoms with Crippen LogP contribution in [-0.4, -0.2) is 29.4 Å². The number of aliphatic carboxylic acids is 1. The largest absolute Gasteiger partial charge is 0.475 e. The molecule has 2 rings (SSSR count). The van der Waals surface area contributed by atoms with Crippen LogP contribution in [0.5, 0.6) is 0 Å². The lowest BCUT2D eigenvalue weighted by atomic mass is 10.2. The lowest BCUT2D eigenvalue weighted by Crippen LogP contribution is -2.53. The lowest BCUT2D eigenvalue weighted by molar-refractivity contribution is -0.129. The number of nitrogens with zero attached hydrogens (tertiary/aromatic N) is 2. The van der Waals surface area contributed by atoms with Crippen LogP contribution in [0.4, 0.5) is 5.69 Å². The van der Waals surface area contributed by atoms with Gasteiger partial charge >= 0.3 is 5.97 Å². The van der Waals surface area contributed by atoms with Gasteiger partial charge in [0, 0.05) is 0 Å². The van der Waals surface area contributed by atoms with Gasteiger partial charge in [0.05, 0.1) is 5.69 Å². The van der Waals surface area contributed by atoms with Gasteiger partial charge in [-0.2, -0.15) is 0 Å². The number of carboxylic acid groups (broad SMARTS) is 1. The molecule has 1 aromatic carbocycles. The van der Waals surface area contributed by atoms with Crippen molar-refractivity contribution in [2.45, 2.75) is 6.92 Å². The summed E-state index contributed by atoms with van der Waals surface area (Å²) in [5.74, 6) is -1.71. The molecule has 0 aliphatic carbocycles. The maximum atomic E-state index is 11.6. The first-order valence-electron chi connectivity index (χ1n) is 5.02. The molecular formula is C11H11N3O3. The zero-order valence-corrected chi connectivity index (χ0v) is 9.17. The summed E-state index contributed by atoms with van der Waals surface area (Å²) in [6.45, 7) is 1.77. The number of anilines is 1. The van der Waals surface area contributed by atoms with E-state index in [-0.39, 0.29) is 18.3 Å². The Bertz CT molecular complexity index is 493. The molecule has 0 radical (unpaired) electrons. The minimum Gasteiger partial charge on any atom is -0.475 e. The number of amides is 1. The third-order valence-corrected chi connectivity index (χ3v) is 2.33. The molecule has 1 aliphatic rings. The van der Waals surface area contributed by atoms with E-state index in [1.54, 1.807) is 12.1 Å². The summed E-state index contributed by atoms with van der Waals surface area (Å²) in [5, 5.41) is 9.99. The molecule has 0 saturated carbocycles. The van der Waals surface area contributed by atoms with Crippen molar-refractivity contribution >= 4 is 23.4 Å². The van der Waals surface area contributed by atoms with Gasteiger partial charge in [0.15, 0.2) is 0 Å². The maximum absolute atomic E-state index is 11.6. The molecule has 0 spiro atoms.